The van der Waals surface area contributed by atoms with E-state index in [0.717, 1.165) is 11.1 Å². The molecule has 3 heterocycles. The summed E-state index contributed by atoms with van der Waals surface area (Å²) < 4.78 is 7.13. The van der Waals surface area contributed by atoms with E-state index in [2.05, 4.69) is 9.97 Å². The van der Waals surface area contributed by atoms with E-state index >= 15 is 0 Å². The fraction of sp³-hybridized carbons (Fsp3) is 0.158. The molecule has 25 heavy (non-hydrogen) atoms. The standard InChI is InChI=1S/C19H16N4O2/c1-12-8-13(25-2)9-16-18(12)17(24)10-15(22-16)14-4-3-5-21-19(14)23-7-6-20-11-23/h3-9,11H,10H2,1-2H3. The van der Waals surface area contributed by atoms with Crippen LogP contribution in [0.2, 0.25) is 0 Å². The number of imidazole rings is 1. The van der Waals surface area contributed by atoms with Crippen molar-refractivity contribution in [3.8, 4) is 11.6 Å². The van der Waals surface area contributed by atoms with Gasteiger partial charge in [-0.3, -0.25) is 14.4 Å². The first kappa shape index (κ1) is 15.3. The summed E-state index contributed by atoms with van der Waals surface area (Å²) in [7, 11) is 1.61. The van der Waals surface area contributed by atoms with Crippen molar-refractivity contribution in [1.82, 2.24) is 14.5 Å². The number of hydrogen-bond donors (Lipinski definition) is 0. The lowest BCUT2D eigenvalue weighted by molar-refractivity contribution is 0.0999. The minimum absolute atomic E-state index is 0.0561. The van der Waals surface area contributed by atoms with Gasteiger partial charge in [0.05, 0.1) is 24.9 Å². The molecule has 0 fully saturated rings. The van der Waals surface area contributed by atoms with Crippen molar-refractivity contribution >= 4 is 17.2 Å². The van der Waals surface area contributed by atoms with E-state index in [0.29, 0.717) is 28.5 Å². The van der Waals surface area contributed by atoms with Gasteiger partial charge >= 0.3 is 0 Å². The Bertz CT molecular complexity index is 991. The highest BCUT2D eigenvalue weighted by Crippen LogP contribution is 2.34. The number of benzene rings is 1. The van der Waals surface area contributed by atoms with Crippen LogP contribution in [0.15, 0.2) is 54.2 Å². The Morgan fingerprint density at radius 1 is 1.24 bits per heavy atom. The minimum atomic E-state index is 0.0561. The molecule has 0 atom stereocenters. The number of pyridine rings is 1. The maximum Gasteiger partial charge on any atom is 0.171 e. The summed E-state index contributed by atoms with van der Waals surface area (Å²) in [4.78, 5) is 26.0. The molecule has 1 aromatic carbocycles. The van der Waals surface area contributed by atoms with E-state index in [1.54, 1.807) is 31.9 Å². The number of carbonyl (C=O) groups excluding carboxylic acids is 1. The zero-order valence-electron chi connectivity index (χ0n) is 13.9. The van der Waals surface area contributed by atoms with Crippen molar-refractivity contribution < 1.29 is 9.53 Å². The molecule has 124 valence electrons. The Morgan fingerprint density at radius 2 is 2.12 bits per heavy atom. The average Bonchev–Trinajstić information content (AvgIpc) is 3.15. The third kappa shape index (κ3) is 2.61. The van der Waals surface area contributed by atoms with Gasteiger partial charge in [0.2, 0.25) is 0 Å². The summed E-state index contributed by atoms with van der Waals surface area (Å²) in [6, 6.07) is 7.42. The number of fused-ring (bicyclic) bond motifs is 1. The zero-order chi connectivity index (χ0) is 17.4. The fourth-order valence-corrected chi connectivity index (χ4v) is 3.10. The van der Waals surface area contributed by atoms with Gasteiger partial charge < -0.3 is 4.74 Å². The van der Waals surface area contributed by atoms with Crippen LogP contribution in [0, 0.1) is 6.92 Å². The van der Waals surface area contributed by atoms with Gasteiger partial charge in [0.1, 0.15) is 17.9 Å². The average molecular weight is 332 g/mol. The highest BCUT2D eigenvalue weighted by atomic mass is 16.5. The molecule has 0 bridgehead atoms. The normalized spacial score (nSPS) is 13.4. The number of aliphatic imine (C=N–C) groups is 1. The summed E-state index contributed by atoms with van der Waals surface area (Å²) in [5, 5.41) is 0. The molecule has 6 heteroatoms. The third-order valence-electron chi connectivity index (χ3n) is 4.23. The number of methoxy groups -OCH3 is 1. The molecule has 1 aliphatic heterocycles. The number of aryl methyl sites for hydroxylation is 1. The van der Waals surface area contributed by atoms with Crippen molar-refractivity contribution in [1.29, 1.82) is 0 Å². The van der Waals surface area contributed by atoms with Crippen LogP contribution in [0.4, 0.5) is 5.69 Å². The Hall–Kier alpha value is -3.28. The van der Waals surface area contributed by atoms with E-state index < -0.39 is 0 Å². The number of ether oxygens (including phenoxy) is 1. The second-order valence-electron chi connectivity index (χ2n) is 5.84. The SMILES string of the molecule is COc1cc(C)c2c(c1)N=C(c1cccnc1-n1ccnc1)CC2=O. The van der Waals surface area contributed by atoms with Crippen LogP contribution in [0.3, 0.4) is 0 Å². The van der Waals surface area contributed by atoms with Gasteiger partial charge in [-0.15, -0.1) is 0 Å². The van der Waals surface area contributed by atoms with Gasteiger partial charge in [0.15, 0.2) is 5.78 Å². The van der Waals surface area contributed by atoms with Gasteiger partial charge in [-0.1, -0.05) is 0 Å². The van der Waals surface area contributed by atoms with Crippen molar-refractivity contribution in [2.24, 2.45) is 4.99 Å². The van der Waals surface area contributed by atoms with Crippen LogP contribution in [0.25, 0.3) is 5.82 Å². The van der Waals surface area contributed by atoms with Gasteiger partial charge in [0, 0.05) is 35.8 Å². The van der Waals surface area contributed by atoms with Crippen molar-refractivity contribution in [3.63, 3.8) is 0 Å². The quantitative estimate of drug-likeness (QED) is 0.738. The lowest BCUT2D eigenvalue weighted by Gasteiger charge is -2.19. The zero-order valence-corrected chi connectivity index (χ0v) is 13.9. The molecule has 0 spiro atoms. The molecule has 0 unspecified atom stereocenters. The van der Waals surface area contributed by atoms with Crippen LogP contribution in [0.5, 0.6) is 5.75 Å². The predicted octanol–water partition coefficient (Wildman–Crippen LogP) is 3.29. The van der Waals surface area contributed by atoms with E-state index in [9.17, 15) is 4.79 Å². The first-order valence-corrected chi connectivity index (χ1v) is 7.90. The number of ketones is 1. The molecule has 4 rings (SSSR count). The third-order valence-corrected chi connectivity index (χ3v) is 4.23. The van der Waals surface area contributed by atoms with Crippen LogP contribution >= 0.6 is 0 Å². The first-order chi connectivity index (χ1) is 12.2. The first-order valence-electron chi connectivity index (χ1n) is 7.90. The fourth-order valence-electron chi connectivity index (χ4n) is 3.10. The summed E-state index contributed by atoms with van der Waals surface area (Å²) >= 11 is 0. The molecule has 0 saturated heterocycles. The Balaban J connectivity index is 1.89. The number of Topliss-reactive ketones (excluding diaryl/α,β-unsaturated/α-hetero) is 1. The lowest BCUT2D eigenvalue weighted by Crippen LogP contribution is -2.18. The van der Waals surface area contributed by atoms with Crippen LogP contribution in [-0.4, -0.2) is 33.1 Å². The molecule has 0 saturated carbocycles. The van der Waals surface area contributed by atoms with Crippen molar-refractivity contribution in [2.45, 2.75) is 13.3 Å². The minimum Gasteiger partial charge on any atom is -0.497 e. The van der Waals surface area contributed by atoms with Crippen LogP contribution in [-0.2, 0) is 0 Å². The second kappa shape index (κ2) is 5.98. The molecule has 0 aliphatic carbocycles. The van der Waals surface area contributed by atoms with E-state index in [4.69, 9.17) is 9.73 Å². The molecule has 2 aromatic heterocycles. The molecule has 6 nitrogen and oxygen atoms in total. The maximum absolute atomic E-state index is 12.7. The number of carbonyl (C=O) groups is 1. The lowest BCUT2D eigenvalue weighted by atomic mass is 9.93. The molecule has 3 aromatic rings. The van der Waals surface area contributed by atoms with Gasteiger partial charge in [-0.25, -0.2) is 9.97 Å². The van der Waals surface area contributed by atoms with E-state index in [1.807, 2.05) is 35.9 Å². The monoisotopic (exact) mass is 332 g/mol. The summed E-state index contributed by atoms with van der Waals surface area (Å²) in [5.74, 6) is 1.45. The number of hydrogen-bond acceptors (Lipinski definition) is 5. The Kier molecular flexibility index (Phi) is 3.65. The second-order valence-corrected chi connectivity index (χ2v) is 5.84. The number of nitrogens with zero attached hydrogens (tertiary/aromatic N) is 4. The molecule has 1 aliphatic rings. The van der Waals surface area contributed by atoms with Crippen LogP contribution in [0.1, 0.15) is 27.9 Å². The number of aromatic nitrogens is 3. The van der Waals surface area contributed by atoms with Crippen LogP contribution < -0.4 is 4.74 Å². The van der Waals surface area contributed by atoms with Crippen molar-refractivity contribution in [2.75, 3.05) is 7.11 Å². The summed E-state index contributed by atoms with van der Waals surface area (Å²) in [5.41, 5.74) is 3.70. The summed E-state index contributed by atoms with van der Waals surface area (Å²) in [6.07, 6.45) is 7.14. The largest absolute Gasteiger partial charge is 0.497 e. The van der Waals surface area contributed by atoms with E-state index in [1.165, 1.54) is 0 Å². The molecular weight excluding hydrogens is 316 g/mol. The Labute approximate surface area is 144 Å². The number of rotatable bonds is 3. The molecule has 0 amide bonds. The molecule has 0 N–H and O–H groups in total. The maximum atomic E-state index is 12.7. The van der Waals surface area contributed by atoms with Gasteiger partial charge in [-0.05, 0) is 30.7 Å². The Morgan fingerprint density at radius 3 is 2.88 bits per heavy atom. The van der Waals surface area contributed by atoms with Gasteiger partial charge in [0.25, 0.3) is 0 Å². The summed E-state index contributed by atoms with van der Waals surface area (Å²) in [6.45, 7) is 1.90. The highest BCUT2D eigenvalue weighted by Gasteiger charge is 2.25. The molecule has 0 radical (unpaired) electrons. The predicted molar refractivity (Wildman–Crippen MR) is 94.2 cm³/mol. The smallest absolute Gasteiger partial charge is 0.171 e. The van der Waals surface area contributed by atoms with E-state index in [-0.39, 0.29) is 12.2 Å². The highest BCUT2D eigenvalue weighted by molar-refractivity contribution is 6.22. The van der Waals surface area contributed by atoms with Gasteiger partial charge in [-0.2, -0.15) is 0 Å². The molecular formula is C19H16N4O2. The van der Waals surface area contributed by atoms with Crippen molar-refractivity contribution in [3.05, 3.63) is 65.9 Å². The topological polar surface area (TPSA) is 69.4 Å².